The molecule has 1 aromatic heterocycles. The van der Waals surface area contributed by atoms with Crippen molar-refractivity contribution in [2.75, 3.05) is 36.4 Å². The molecule has 3 aromatic rings. The summed E-state index contributed by atoms with van der Waals surface area (Å²) in [4.78, 5) is 25.6. The Balaban J connectivity index is 1.47. The number of nitrogens with one attached hydrogen (secondary N) is 1. The van der Waals surface area contributed by atoms with E-state index < -0.39 is 17.8 Å². The Bertz CT molecular complexity index is 1190. The fraction of sp³-hybridized carbons (Fsp3) is 0.292. The van der Waals surface area contributed by atoms with Crippen molar-refractivity contribution in [2.24, 2.45) is 0 Å². The van der Waals surface area contributed by atoms with Crippen molar-refractivity contribution in [1.29, 1.82) is 0 Å². The minimum Gasteiger partial charge on any atom is -0.353 e. The van der Waals surface area contributed by atoms with Gasteiger partial charge in [-0.2, -0.15) is 13.2 Å². The number of aromatic nitrogens is 2. The smallest absolute Gasteiger partial charge is 0.353 e. The van der Waals surface area contributed by atoms with E-state index >= 15 is 0 Å². The summed E-state index contributed by atoms with van der Waals surface area (Å²) >= 11 is 5.99. The van der Waals surface area contributed by atoms with E-state index in [9.17, 15) is 18.0 Å². The number of carbonyl (C=O) groups excluding carboxylic acids is 1. The molecular formula is C24H23ClF3N5O. The topological polar surface area (TPSA) is 61.4 Å². The van der Waals surface area contributed by atoms with Gasteiger partial charge in [0.15, 0.2) is 5.82 Å². The van der Waals surface area contributed by atoms with Crippen LogP contribution < -0.4 is 10.2 Å². The number of para-hydroxylation sites is 1. The molecule has 1 aliphatic heterocycles. The third-order valence-electron chi connectivity index (χ3n) is 5.81. The first-order chi connectivity index (χ1) is 16.1. The van der Waals surface area contributed by atoms with Crippen molar-refractivity contribution < 1.29 is 18.0 Å². The van der Waals surface area contributed by atoms with Gasteiger partial charge < -0.3 is 15.1 Å². The minimum absolute atomic E-state index is 0.252. The highest BCUT2D eigenvalue weighted by Gasteiger charge is 2.34. The van der Waals surface area contributed by atoms with Gasteiger partial charge in [-0.1, -0.05) is 23.7 Å². The van der Waals surface area contributed by atoms with E-state index in [-0.39, 0.29) is 5.69 Å². The van der Waals surface area contributed by atoms with Crippen LogP contribution in [0.15, 0.2) is 48.5 Å². The molecule has 0 bridgehead atoms. The van der Waals surface area contributed by atoms with Gasteiger partial charge in [-0.25, -0.2) is 14.8 Å². The predicted octanol–water partition coefficient (Wildman–Crippen LogP) is 5.79. The summed E-state index contributed by atoms with van der Waals surface area (Å²) in [6.07, 6.45) is -4.55. The van der Waals surface area contributed by atoms with Crippen LogP contribution in [0.5, 0.6) is 0 Å². The van der Waals surface area contributed by atoms with Crippen LogP contribution in [-0.4, -0.2) is 47.1 Å². The maximum Gasteiger partial charge on any atom is 0.418 e. The Hall–Kier alpha value is -3.33. The van der Waals surface area contributed by atoms with Crippen LogP contribution in [0.2, 0.25) is 5.02 Å². The lowest BCUT2D eigenvalue weighted by atomic mass is 10.1. The van der Waals surface area contributed by atoms with Gasteiger partial charge in [0.05, 0.1) is 11.3 Å². The standard InChI is InChI=1S/C24H23ClF3N5O/c1-15-16(2)29-21(17-7-9-18(25)10-8-17)31-22(15)32-11-13-33(14-12-32)23(34)30-20-6-4-3-5-19(20)24(26,27)28/h3-10H,11-14H2,1-2H3,(H,30,34). The first-order valence-corrected chi connectivity index (χ1v) is 11.1. The van der Waals surface area contributed by atoms with Gasteiger partial charge in [0, 0.05) is 48.0 Å². The molecule has 0 aliphatic carbocycles. The van der Waals surface area contributed by atoms with Crippen molar-refractivity contribution in [2.45, 2.75) is 20.0 Å². The van der Waals surface area contributed by atoms with Crippen LogP contribution in [0.25, 0.3) is 11.4 Å². The molecule has 0 spiro atoms. The lowest BCUT2D eigenvalue weighted by molar-refractivity contribution is -0.136. The number of carbonyl (C=O) groups is 1. The van der Waals surface area contributed by atoms with E-state index in [1.165, 1.54) is 23.1 Å². The van der Waals surface area contributed by atoms with Crippen LogP contribution in [0.4, 0.5) is 29.5 Å². The molecule has 1 aliphatic rings. The molecule has 2 amide bonds. The molecule has 2 heterocycles. The SMILES string of the molecule is Cc1nc(-c2ccc(Cl)cc2)nc(N2CCN(C(=O)Nc3ccccc3C(F)(F)F)CC2)c1C. The second kappa shape index (κ2) is 9.50. The summed E-state index contributed by atoms with van der Waals surface area (Å²) in [5, 5.41) is 3.03. The molecule has 34 heavy (non-hydrogen) atoms. The summed E-state index contributed by atoms with van der Waals surface area (Å²) in [6, 6.07) is 11.7. The van der Waals surface area contributed by atoms with E-state index in [2.05, 4.69) is 15.2 Å². The third-order valence-corrected chi connectivity index (χ3v) is 6.06. The predicted molar refractivity (Wildman–Crippen MR) is 126 cm³/mol. The molecule has 0 saturated carbocycles. The molecule has 0 unspecified atom stereocenters. The molecule has 10 heteroatoms. The Morgan fingerprint density at radius 2 is 1.62 bits per heavy atom. The number of aryl methyl sites for hydroxylation is 1. The summed E-state index contributed by atoms with van der Waals surface area (Å²) < 4.78 is 39.7. The van der Waals surface area contributed by atoms with Crippen LogP contribution in [0.1, 0.15) is 16.8 Å². The summed E-state index contributed by atoms with van der Waals surface area (Å²) in [5.74, 6) is 1.36. The number of amides is 2. The third kappa shape index (κ3) is 5.09. The number of alkyl halides is 3. The van der Waals surface area contributed by atoms with Gasteiger partial charge in [0.2, 0.25) is 0 Å². The normalized spacial score (nSPS) is 14.3. The number of benzene rings is 2. The fourth-order valence-corrected chi connectivity index (χ4v) is 3.93. The largest absolute Gasteiger partial charge is 0.418 e. The molecule has 6 nitrogen and oxygen atoms in total. The molecule has 0 atom stereocenters. The molecule has 1 saturated heterocycles. The number of anilines is 2. The molecular weight excluding hydrogens is 467 g/mol. The fourth-order valence-electron chi connectivity index (χ4n) is 3.80. The van der Waals surface area contributed by atoms with E-state index in [1.807, 2.05) is 26.0 Å². The maximum absolute atomic E-state index is 13.2. The molecule has 1 N–H and O–H groups in total. The van der Waals surface area contributed by atoms with Crippen molar-refractivity contribution >= 4 is 29.1 Å². The lowest BCUT2D eigenvalue weighted by Crippen LogP contribution is -2.50. The number of urea groups is 1. The Labute approximate surface area is 200 Å². The number of nitrogens with zero attached hydrogens (tertiary/aromatic N) is 4. The van der Waals surface area contributed by atoms with Crippen molar-refractivity contribution in [1.82, 2.24) is 14.9 Å². The average molecular weight is 490 g/mol. The summed E-state index contributed by atoms with van der Waals surface area (Å²) in [6.45, 7) is 5.54. The number of halogens is 4. The molecule has 4 rings (SSSR count). The van der Waals surface area contributed by atoms with Crippen molar-refractivity contribution in [3.8, 4) is 11.4 Å². The van der Waals surface area contributed by atoms with Crippen LogP contribution in [0.3, 0.4) is 0 Å². The first-order valence-electron chi connectivity index (χ1n) is 10.7. The van der Waals surface area contributed by atoms with Crippen LogP contribution in [-0.2, 0) is 6.18 Å². The second-order valence-electron chi connectivity index (χ2n) is 8.04. The van der Waals surface area contributed by atoms with Gasteiger partial charge in [-0.3, -0.25) is 0 Å². The molecule has 0 radical (unpaired) electrons. The first kappa shape index (κ1) is 23.8. The van der Waals surface area contributed by atoms with Crippen LogP contribution >= 0.6 is 11.6 Å². The summed E-state index contributed by atoms with van der Waals surface area (Å²) in [7, 11) is 0. The highest BCUT2D eigenvalue weighted by atomic mass is 35.5. The average Bonchev–Trinajstić information content (AvgIpc) is 2.81. The highest BCUT2D eigenvalue weighted by Crippen LogP contribution is 2.34. The van der Waals surface area contributed by atoms with E-state index in [1.54, 1.807) is 12.1 Å². The zero-order valence-electron chi connectivity index (χ0n) is 18.7. The number of hydrogen-bond donors (Lipinski definition) is 1. The van der Waals surface area contributed by atoms with Crippen LogP contribution in [0, 0.1) is 13.8 Å². The zero-order valence-corrected chi connectivity index (χ0v) is 19.4. The Morgan fingerprint density at radius 1 is 0.971 bits per heavy atom. The Kier molecular flexibility index (Phi) is 6.65. The minimum atomic E-state index is -4.55. The number of rotatable bonds is 3. The van der Waals surface area contributed by atoms with E-state index in [0.717, 1.165) is 28.7 Å². The van der Waals surface area contributed by atoms with Crippen molar-refractivity contribution in [3.63, 3.8) is 0 Å². The van der Waals surface area contributed by atoms with Crippen molar-refractivity contribution in [3.05, 3.63) is 70.4 Å². The van der Waals surface area contributed by atoms with Gasteiger partial charge >= 0.3 is 12.2 Å². The highest BCUT2D eigenvalue weighted by molar-refractivity contribution is 6.30. The quantitative estimate of drug-likeness (QED) is 0.506. The lowest BCUT2D eigenvalue weighted by Gasteiger charge is -2.36. The zero-order chi connectivity index (χ0) is 24.5. The number of piperazine rings is 1. The molecule has 1 fully saturated rings. The Morgan fingerprint density at radius 3 is 2.26 bits per heavy atom. The molecule has 178 valence electrons. The van der Waals surface area contributed by atoms with E-state index in [4.69, 9.17) is 16.6 Å². The number of hydrogen-bond acceptors (Lipinski definition) is 4. The maximum atomic E-state index is 13.2. The van der Waals surface area contributed by atoms with Gasteiger partial charge in [-0.05, 0) is 50.2 Å². The summed E-state index contributed by atoms with van der Waals surface area (Å²) in [5.41, 5.74) is 1.50. The second-order valence-corrected chi connectivity index (χ2v) is 8.47. The molecule has 2 aromatic carbocycles. The van der Waals surface area contributed by atoms with Gasteiger partial charge in [0.1, 0.15) is 5.82 Å². The van der Waals surface area contributed by atoms with E-state index in [0.29, 0.717) is 37.0 Å². The van der Waals surface area contributed by atoms with Gasteiger partial charge in [0.25, 0.3) is 0 Å². The van der Waals surface area contributed by atoms with Gasteiger partial charge in [-0.15, -0.1) is 0 Å². The monoisotopic (exact) mass is 489 g/mol.